The topological polar surface area (TPSA) is 22.1 Å². The summed E-state index contributed by atoms with van der Waals surface area (Å²) in [6, 6.07) is 6.21. The van der Waals surface area contributed by atoms with E-state index >= 15 is 0 Å². The second-order valence-electron chi connectivity index (χ2n) is 3.92. The van der Waals surface area contributed by atoms with Gasteiger partial charge in [0, 0.05) is 5.38 Å². The smallest absolute Gasteiger partial charge is 0.131 e. The number of aromatic nitrogens is 1. The Labute approximate surface area is 99.9 Å². The van der Waals surface area contributed by atoms with Gasteiger partial charge in [-0.05, 0) is 32.4 Å². The van der Waals surface area contributed by atoms with Crippen molar-refractivity contribution in [2.45, 2.75) is 27.4 Å². The van der Waals surface area contributed by atoms with Crippen molar-refractivity contribution >= 4 is 11.3 Å². The lowest BCUT2D eigenvalue weighted by Gasteiger charge is -2.08. The first kappa shape index (κ1) is 11.1. The van der Waals surface area contributed by atoms with Gasteiger partial charge in [-0.3, -0.25) is 0 Å². The van der Waals surface area contributed by atoms with Crippen LogP contribution in [0.5, 0.6) is 5.75 Å². The highest BCUT2D eigenvalue weighted by atomic mass is 32.1. The summed E-state index contributed by atoms with van der Waals surface area (Å²) < 4.78 is 5.74. The van der Waals surface area contributed by atoms with E-state index in [0.29, 0.717) is 6.61 Å². The largest absolute Gasteiger partial charge is 0.487 e. The summed E-state index contributed by atoms with van der Waals surface area (Å²) in [6.45, 7) is 6.70. The average molecular weight is 233 g/mol. The van der Waals surface area contributed by atoms with Crippen molar-refractivity contribution in [2.24, 2.45) is 0 Å². The van der Waals surface area contributed by atoms with E-state index in [0.717, 1.165) is 16.5 Å². The van der Waals surface area contributed by atoms with Crippen molar-refractivity contribution in [2.75, 3.05) is 0 Å². The molecule has 3 heteroatoms. The number of hydrogen-bond donors (Lipinski definition) is 0. The van der Waals surface area contributed by atoms with E-state index < -0.39 is 0 Å². The summed E-state index contributed by atoms with van der Waals surface area (Å²) in [6.07, 6.45) is 0. The number of ether oxygens (including phenoxy) is 1. The number of aryl methyl sites for hydroxylation is 3. The third-order valence-electron chi connectivity index (χ3n) is 2.37. The maximum Gasteiger partial charge on any atom is 0.131 e. The quantitative estimate of drug-likeness (QED) is 0.807. The fourth-order valence-electron chi connectivity index (χ4n) is 1.59. The van der Waals surface area contributed by atoms with Gasteiger partial charge in [0.1, 0.15) is 12.4 Å². The molecule has 0 amide bonds. The predicted molar refractivity (Wildman–Crippen MR) is 67.1 cm³/mol. The summed E-state index contributed by atoms with van der Waals surface area (Å²) in [7, 11) is 0. The van der Waals surface area contributed by atoms with Crippen LogP contribution in [0.1, 0.15) is 21.8 Å². The van der Waals surface area contributed by atoms with Crippen molar-refractivity contribution in [3.63, 3.8) is 0 Å². The fraction of sp³-hybridized carbons (Fsp3) is 0.308. The number of rotatable bonds is 3. The van der Waals surface area contributed by atoms with Crippen LogP contribution in [0.3, 0.4) is 0 Å². The number of nitrogens with zero attached hydrogens (tertiary/aromatic N) is 1. The summed E-state index contributed by atoms with van der Waals surface area (Å²) in [5, 5.41) is 3.12. The molecule has 16 heavy (non-hydrogen) atoms. The molecule has 2 nitrogen and oxygen atoms in total. The van der Waals surface area contributed by atoms with Crippen molar-refractivity contribution in [3.8, 4) is 5.75 Å². The molecule has 0 saturated carbocycles. The molecule has 2 aromatic rings. The maximum absolute atomic E-state index is 5.74. The maximum atomic E-state index is 5.74. The highest BCUT2D eigenvalue weighted by Crippen LogP contribution is 2.20. The Morgan fingerprint density at radius 2 is 2.06 bits per heavy atom. The van der Waals surface area contributed by atoms with Gasteiger partial charge in [0.05, 0.1) is 10.7 Å². The molecular formula is C13H15NOS. The van der Waals surface area contributed by atoms with Crippen LogP contribution in [0.2, 0.25) is 0 Å². The molecule has 0 saturated heterocycles. The van der Waals surface area contributed by atoms with Gasteiger partial charge >= 0.3 is 0 Å². The van der Waals surface area contributed by atoms with Gasteiger partial charge in [0.2, 0.25) is 0 Å². The number of benzene rings is 1. The Bertz CT molecular complexity index is 490. The Balaban J connectivity index is 2.04. The minimum atomic E-state index is 0.550. The van der Waals surface area contributed by atoms with E-state index in [2.05, 4.69) is 31.0 Å². The van der Waals surface area contributed by atoms with Crippen LogP contribution in [-0.4, -0.2) is 4.98 Å². The molecule has 0 N–H and O–H groups in total. The minimum absolute atomic E-state index is 0.550. The molecule has 1 aromatic heterocycles. The molecule has 1 aromatic carbocycles. The van der Waals surface area contributed by atoms with Crippen LogP contribution in [0.15, 0.2) is 23.6 Å². The lowest BCUT2D eigenvalue weighted by Crippen LogP contribution is -1.97. The molecule has 0 spiro atoms. The van der Waals surface area contributed by atoms with Gasteiger partial charge in [-0.25, -0.2) is 4.98 Å². The Hall–Kier alpha value is -1.35. The Morgan fingerprint density at radius 3 is 2.69 bits per heavy atom. The van der Waals surface area contributed by atoms with E-state index in [-0.39, 0.29) is 0 Å². The van der Waals surface area contributed by atoms with Gasteiger partial charge < -0.3 is 4.74 Å². The molecule has 84 valence electrons. The first-order valence-corrected chi connectivity index (χ1v) is 6.14. The fourth-order valence-corrected chi connectivity index (χ4v) is 2.18. The van der Waals surface area contributed by atoms with Gasteiger partial charge in [0.25, 0.3) is 0 Å². The van der Waals surface area contributed by atoms with E-state index in [4.69, 9.17) is 4.74 Å². The molecule has 0 radical (unpaired) electrons. The molecule has 0 unspecified atom stereocenters. The Kier molecular flexibility index (Phi) is 3.25. The molecule has 0 atom stereocenters. The zero-order valence-electron chi connectivity index (χ0n) is 9.78. The lowest BCUT2D eigenvalue weighted by atomic mass is 10.1. The second-order valence-corrected chi connectivity index (χ2v) is 4.98. The molecule has 0 aliphatic heterocycles. The van der Waals surface area contributed by atoms with Crippen molar-refractivity contribution in [1.82, 2.24) is 4.98 Å². The highest BCUT2D eigenvalue weighted by Gasteiger charge is 2.02. The SMILES string of the molecule is Cc1ccc(OCc2csc(C)n2)c(C)c1. The molecule has 2 rings (SSSR count). The molecule has 0 aliphatic carbocycles. The zero-order chi connectivity index (χ0) is 11.5. The third-order valence-corrected chi connectivity index (χ3v) is 3.19. The number of thiazole rings is 1. The molecule has 0 bridgehead atoms. The van der Waals surface area contributed by atoms with Gasteiger partial charge in [-0.15, -0.1) is 11.3 Å². The standard InChI is InChI=1S/C13H15NOS/c1-9-4-5-13(10(2)6-9)15-7-12-8-16-11(3)14-12/h4-6,8H,7H2,1-3H3. The predicted octanol–water partition coefficient (Wildman–Crippen LogP) is 3.65. The van der Waals surface area contributed by atoms with Gasteiger partial charge in [0.15, 0.2) is 0 Å². The van der Waals surface area contributed by atoms with Crippen LogP contribution in [0.4, 0.5) is 0 Å². The first-order chi connectivity index (χ1) is 7.65. The van der Waals surface area contributed by atoms with Crippen molar-refractivity contribution in [1.29, 1.82) is 0 Å². The van der Waals surface area contributed by atoms with Crippen LogP contribution >= 0.6 is 11.3 Å². The normalized spacial score (nSPS) is 10.4. The average Bonchev–Trinajstić information content (AvgIpc) is 2.63. The zero-order valence-corrected chi connectivity index (χ0v) is 10.6. The van der Waals surface area contributed by atoms with Gasteiger partial charge in [-0.1, -0.05) is 17.7 Å². The lowest BCUT2D eigenvalue weighted by molar-refractivity contribution is 0.300. The van der Waals surface area contributed by atoms with E-state index in [9.17, 15) is 0 Å². The van der Waals surface area contributed by atoms with Crippen LogP contribution in [-0.2, 0) is 6.61 Å². The van der Waals surface area contributed by atoms with Crippen LogP contribution in [0, 0.1) is 20.8 Å². The minimum Gasteiger partial charge on any atom is -0.487 e. The molecule has 1 heterocycles. The van der Waals surface area contributed by atoms with Crippen LogP contribution in [0.25, 0.3) is 0 Å². The van der Waals surface area contributed by atoms with E-state index in [1.54, 1.807) is 11.3 Å². The van der Waals surface area contributed by atoms with Crippen molar-refractivity contribution in [3.05, 3.63) is 45.4 Å². The van der Waals surface area contributed by atoms with Crippen LogP contribution < -0.4 is 4.74 Å². The summed E-state index contributed by atoms with van der Waals surface area (Å²) >= 11 is 1.66. The van der Waals surface area contributed by atoms with E-state index in [1.165, 1.54) is 11.1 Å². The first-order valence-electron chi connectivity index (χ1n) is 5.26. The third kappa shape index (κ3) is 2.61. The summed E-state index contributed by atoms with van der Waals surface area (Å²) in [5.74, 6) is 0.941. The second kappa shape index (κ2) is 4.66. The van der Waals surface area contributed by atoms with Crippen molar-refractivity contribution < 1.29 is 4.74 Å². The molecular weight excluding hydrogens is 218 g/mol. The highest BCUT2D eigenvalue weighted by molar-refractivity contribution is 7.09. The Morgan fingerprint density at radius 1 is 1.25 bits per heavy atom. The summed E-state index contributed by atoms with van der Waals surface area (Å²) in [5.41, 5.74) is 3.43. The van der Waals surface area contributed by atoms with Gasteiger partial charge in [-0.2, -0.15) is 0 Å². The molecule has 0 aliphatic rings. The summed E-state index contributed by atoms with van der Waals surface area (Å²) in [4.78, 5) is 4.37. The van der Waals surface area contributed by atoms with E-state index in [1.807, 2.05) is 18.4 Å². The monoisotopic (exact) mass is 233 g/mol. The molecule has 0 fully saturated rings. The number of hydrogen-bond acceptors (Lipinski definition) is 3.